The van der Waals surface area contributed by atoms with E-state index in [0.29, 0.717) is 12.0 Å². The van der Waals surface area contributed by atoms with Crippen LogP contribution in [0.25, 0.3) is 0 Å². The summed E-state index contributed by atoms with van der Waals surface area (Å²) in [6.07, 6.45) is 0. The van der Waals surface area contributed by atoms with Gasteiger partial charge >= 0.3 is 0 Å². The van der Waals surface area contributed by atoms with Gasteiger partial charge in [0.2, 0.25) is 0 Å². The molecule has 0 spiro atoms. The van der Waals surface area contributed by atoms with Crippen LogP contribution in [0.4, 0.5) is 0 Å². The monoisotopic (exact) mass is 159 g/mol. The van der Waals surface area contributed by atoms with Crippen LogP contribution in [-0.2, 0) is 0 Å². The number of hydrogen-bond acceptors (Lipinski definition) is 2. The van der Waals surface area contributed by atoms with Gasteiger partial charge in [-0.2, -0.15) is 0 Å². The van der Waals surface area contributed by atoms with Crippen molar-refractivity contribution in [2.45, 2.75) is 33.7 Å². The lowest BCUT2D eigenvalue weighted by atomic mass is 10.0. The van der Waals surface area contributed by atoms with Gasteiger partial charge in [0.05, 0.1) is 6.61 Å². The number of likely N-dealkylation sites (N-methyl/N-ethyl adjacent to an activating group) is 1. The fourth-order valence-electron chi connectivity index (χ4n) is 1.44. The van der Waals surface area contributed by atoms with Crippen LogP contribution in [0.3, 0.4) is 0 Å². The minimum Gasteiger partial charge on any atom is -0.395 e. The molecule has 0 saturated carbocycles. The summed E-state index contributed by atoms with van der Waals surface area (Å²) in [7, 11) is 0. The van der Waals surface area contributed by atoms with E-state index in [1.807, 2.05) is 0 Å². The fraction of sp³-hybridized carbons (Fsp3) is 1.00. The zero-order chi connectivity index (χ0) is 8.85. The zero-order valence-electron chi connectivity index (χ0n) is 8.17. The van der Waals surface area contributed by atoms with Crippen LogP contribution in [-0.4, -0.2) is 35.7 Å². The van der Waals surface area contributed by atoms with Crippen molar-refractivity contribution in [2.24, 2.45) is 5.92 Å². The highest BCUT2D eigenvalue weighted by molar-refractivity contribution is 4.71. The Morgan fingerprint density at radius 3 is 1.73 bits per heavy atom. The molecule has 0 radical (unpaired) electrons. The van der Waals surface area contributed by atoms with Crippen molar-refractivity contribution >= 4 is 0 Å². The van der Waals surface area contributed by atoms with Gasteiger partial charge in [0.25, 0.3) is 0 Å². The van der Waals surface area contributed by atoms with Crippen LogP contribution in [0, 0.1) is 5.92 Å². The Morgan fingerprint density at radius 1 is 1.18 bits per heavy atom. The number of nitrogens with zero attached hydrogens (tertiary/aromatic N) is 1. The molecule has 1 atom stereocenters. The van der Waals surface area contributed by atoms with Gasteiger partial charge in [-0.05, 0) is 19.0 Å². The topological polar surface area (TPSA) is 23.5 Å². The third kappa shape index (κ3) is 3.21. The molecule has 2 heteroatoms. The maximum absolute atomic E-state index is 9.09. The standard InChI is InChI=1S/C9H21NO/c1-5-10(6-2)9(7-11)8(3)4/h8-9,11H,5-7H2,1-4H3. The highest BCUT2D eigenvalue weighted by atomic mass is 16.3. The number of aliphatic hydroxyl groups excluding tert-OH is 1. The van der Waals surface area contributed by atoms with Crippen LogP contribution >= 0.6 is 0 Å². The average Bonchev–Trinajstić information content (AvgIpc) is 1.99. The van der Waals surface area contributed by atoms with E-state index in [-0.39, 0.29) is 6.61 Å². The van der Waals surface area contributed by atoms with Gasteiger partial charge in [-0.1, -0.05) is 27.7 Å². The van der Waals surface area contributed by atoms with Crippen molar-refractivity contribution < 1.29 is 5.11 Å². The molecule has 0 amide bonds. The van der Waals surface area contributed by atoms with E-state index in [1.54, 1.807) is 0 Å². The Hall–Kier alpha value is -0.0800. The summed E-state index contributed by atoms with van der Waals surface area (Å²) in [6, 6.07) is 0.338. The van der Waals surface area contributed by atoms with Crippen LogP contribution in [0.15, 0.2) is 0 Å². The second kappa shape index (κ2) is 5.56. The lowest BCUT2D eigenvalue weighted by Crippen LogP contribution is -2.41. The van der Waals surface area contributed by atoms with Crippen LogP contribution < -0.4 is 0 Å². The van der Waals surface area contributed by atoms with E-state index >= 15 is 0 Å². The van der Waals surface area contributed by atoms with Crippen LogP contribution in [0.2, 0.25) is 0 Å². The molecular weight excluding hydrogens is 138 g/mol. The van der Waals surface area contributed by atoms with Gasteiger partial charge in [-0.3, -0.25) is 4.90 Å². The highest BCUT2D eigenvalue weighted by Gasteiger charge is 2.17. The first kappa shape index (κ1) is 10.9. The molecule has 1 unspecified atom stereocenters. The highest BCUT2D eigenvalue weighted by Crippen LogP contribution is 2.08. The van der Waals surface area contributed by atoms with Crippen molar-refractivity contribution in [3.63, 3.8) is 0 Å². The third-order valence-corrected chi connectivity index (χ3v) is 2.24. The molecular formula is C9H21NO. The second-order valence-electron chi connectivity index (χ2n) is 3.22. The predicted octanol–water partition coefficient (Wildman–Crippen LogP) is 1.35. The molecule has 0 aromatic heterocycles. The molecule has 11 heavy (non-hydrogen) atoms. The van der Waals surface area contributed by atoms with E-state index in [0.717, 1.165) is 13.1 Å². The minimum absolute atomic E-state index is 0.277. The van der Waals surface area contributed by atoms with Crippen LogP contribution in [0.1, 0.15) is 27.7 Å². The Balaban J connectivity index is 3.98. The Kier molecular flexibility index (Phi) is 5.51. The summed E-state index contributed by atoms with van der Waals surface area (Å²) in [5.41, 5.74) is 0. The largest absolute Gasteiger partial charge is 0.395 e. The van der Waals surface area contributed by atoms with Gasteiger partial charge in [0, 0.05) is 6.04 Å². The molecule has 0 rings (SSSR count). The van der Waals surface area contributed by atoms with Crippen molar-refractivity contribution in [3.8, 4) is 0 Å². The summed E-state index contributed by atoms with van der Waals surface area (Å²) in [5, 5.41) is 9.09. The number of aliphatic hydroxyl groups is 1. The van der Waals surface area contributed by atoms with E-state index in [2.05, 4.69) is 32.6 Å². The van der Waals surface area contributed by atoms with Crippen molar-refractivity contribution in [3.05, 3.63) is 0 Å². The molecule has 0 aromatic rings. The molecule has 0 heterocycles. The number of rotatable bonds is 5. The zero-order valence-corrected chi connectivity index (χ0v) is 8.17. The van der Waals surface area contributed by atoms with E-state index < -0.39 is 0 Å². The molecule has 1 N–H and O–H groups in total. The molecule has 68 valence electrons. The summed E-state index contributed by atoms with van der Waals surface area (Å²) in [5.74, 6) is 0.542. The van der Waals surface area contributed by atoms with Gasteiger partial charge < -0.3 is 5.11 Å². The Morgan fingerprint density at radius 2 is 1.64 bits per heavy atom. The molecule has 2 nitrogen and oxygen atoms in total. The van der Waals surface area contributed by atoms with Gasteiger partial charge in [0.15, 0.2) is 0 Å². The molecule has 0 bridgehead atoms. The Bertz CT molecular complexity index is 89.6. The van der Waals surface area contributed by atoms with Crippen molar-refractivity contribution in [1.82, 2.24) is 4.90 Å². The first-order valence-corrected chi connectivity index (χ1v) is 4.52. The molecule has 0 fully saturated rings. The van der Waals surface area contributed by atoms with Gasteiger partial charge in [-0.25, -0.2) is 0 Å². The lowest BCUT2D eigenvalue weighted by Gasteiger charge is -2.30. The molecule has 0 aliphatic rings. The normalized spacial score (nSPS) is 14.5. The molecule has 0 aliphatic carbocycles. The summed E-state index contributed by atoms with van der Waals surface area (Å²) in [6.45, 7) is 10.9. The Labute approximate surface area is 70.2 Å². The lowest BCUT2D eigenvalue weighted by molar-refractivity contribution is 0.100. The molecule has 0 aliphatic heterocycles. The van der Waals surface area contributed by atoms with E-state index in [9.17, 15) is 0 Å². The summed E-state index contributed by atoms with van der Waals surface area (Å²) >= 11 is 0. The molecule has 0 aromatic carbocycles. The second-order valence-corrected chi connectivity index (χ2v) is 3.22. The number of hydrogen-bond donors (Lipinski definition) is 1. The predicted molar refractivity (Wildman–Crippen MR) is 48.6 cm³/mol. The quantitative estimate of drug-likeness (QED) is 0.654. The maximum Gasteiger partial charge on any atom is 0.0589 e. The average molecular weight is 159 g/mol. The minimum atomic E-state index is 0.277. The van der Waals surface area contributed by atoms with Gasteiger partial charge in [0.1, 0.15) is 0 Å². The molecule has 0 saturated heterocycles. The van der Waals surface area contributed by atoms with Crippen LogP contribution in [0.5, 0.6) is 0 Å². The first-order chi connectivity index (χ1) is 5.17. The van der Waals surface area contributed by atoms with Gasteiger partial charge in [-0.15, -0.1) is 0 Å². The fourth-order valence-corrected chi connectivity index (χ4v) is 1.44. The SMILES string of the molecule is CCN(CC)C(CO)C(C)C. The van der Waals surface area contributed by atoms with E-state index in [4.69, 9.17) is 5.11 Å². The summed E-state index contributed by atoms with van der Waals surface area (Å²) in [4.78, 5) is 2.30. The van der Waals surface area contributed by atoms with E-state index in [1.165, 1.54) is 0 Å². The third-order valence-electron chi connectivity index (χ3n) is 2.24. The first-order valence-electron chi connectivity index (χ1n) is 4.52. The van der Waals surface area contributed by atoms with Crippen molar-refractivity contribution in [2.75, 3.05) is 19.7 Å². The van der Waals surface area contributed by atoms with Crippen molar-refractivity contribution in [1.29, 1.82) is 0 Å². The summed E-state index contributed by atoms with van der Waals surface area (Å²) < 4.78 is 0. The smallest absolute Gasteiger partial charge is 0.0589 e. The maximum atomic E-state index is 9.09.